The molecule has 0 aliphatic rings. The third-order valence-electron chi connectivity index (χ3n) is 2.70. The fourth-order valence-corrected chi connectivity index (χ4v) is 1.99. The zero-order valence-electron chi connectivity index (χ0n) is 11.3. The van der Waals surface area contributed by atoms with Crippen LogP contribution in [0.5, 0.6) is 0 Å². The summed E-state index contributed by atoms with van der Waals surface area (Å²) in [5.74, 6) is 1.60. The van der Waals surface area contributed by atoms with Crippen molar-refractivity contribution >= 4 is 23.4 Å². The standard InChI is InChI=1S/C13H17N5S/c1-9-5-4-6-15-10(9)8-16-12-7-11(14-2)17-13(18-12)19-3/h4-7H,8H2,1-3H3,(H2,14,16,17,18). The van der Waals surface area contributed by atoms with Gasteiger partial charge in [0.1, 0.15) is 11.6 Å². The summed E-state index contributed by atoms with van der Waals surface area (Å²) in [5.41, 5.74) is 2.20. The van der Waals surface area contributed by atoms with Crippen LogP contribution in [0.15, 0.2) is 29.6 Å². The molecule has 0 saturated carbocycles. The van der Waals surface area contributed by atoms with Crippen LogP contribution < -0.4 is 10.6 Å². The van der Waals surface area contributed by atoms with Crippen molar-refractivity contribution in [3.8, 4) is 0 Å². The maximum absolute atomic E-state index is 4.42. The molecule has 2 aromatic heterocycles. The molecular weight excluding hydrogens is 258 g/mol. The van der Waals surface area contributed by atoms with Crippen LogP contribution in [0.3, 0.4) is 0 Å². The number of nitrogens with zero attached hydrogens (tertiary/aromatic N) is 3. The normalized spacial score (nSPS) is 10.3. The lowest BCUT2D eigenvalue weighted by molar-refractivity contribution is 0.942. The van der Waals surface area contributed by atoms with Gasteiger partial charge < -0.3 is 10.6 Å². The Hall–Kier alpha value is -1.82. The molecule has 2 rings (SSSR count). The van der Waals surface area contributed by atoms with Crippen LogP contribution in [0.4, 0.5) is 11.6 Å². The van der Waals surface area contributed by atoms with Gasteiger partial charge in [0.2, 0.25) is 0 Å². The lowest BCUT2D eigenvalue weighted by Crippen LogP contribution is -2.06. The van der Waals surface area contributed by atoms with Crippen LogP contribution in [-0.2, 0) is 6.54 Å². The highest BCUT2D eigenvalue weighted by molar-refractivity contribution is 7.98. The second-order valence-electron chi connectivity index (χ2n) is 4.00. The minimum atomic E-state index is 0.653. The van der Waals surface area contributed by atoms with Crippen molar-refractivity contribution in [3.05, 3.63) is 35.7 Å². The topological polar surface area (TPSA) is 62.7 Å². The summed E-state index contributed by atoms with van der Waals surface area (Å²) in [6, 6.07) is 5.88. The molecule has 6 heteroatoms. The maximum Gasteiger partial charge on any atom is 0.191 e. The van der Waals surface area contributed by atoms with E-state index in [0.29, 0.717) is 6.54 Å². The molecule has 2 heterocycles. The van der Waals surface area contributed by atoms with Gasteiger partial charge in [-0.05, 0) is 24.8 Å². The molecule has 2 N–H and O–H groups in total. The molecular formula is C13H17N5S. The molecule has 19 heavy (non-hydrogen) atoms. The van der Waals surface area contributed by atoms with Crippen molar-refractivity contribution in [2.75, 3.05) is 23.9 Å². The van der Waals surface area contributed by atoms with Crippen LogP contribution in [0.1, 0.15) is 11.3 Å². The Kier molecular flexibility index (Phi) is 4.57. The molecule has 2 aromatic rings. The second-order valence-corrected chi connectivity index (χ2v) is 4.77. The number of aryl methyl sites for hydroxylation is 1. The van der Waals surface area contributed by atoms with Crippen LogP contribution in [0.2, 0.25) is 0 Å². The zero-order valence-corrected chi connectivity index (χ0v) is 12.1. The van der Waals surface area contributed by atoms with Gasteiger partial charge in [-0.15, -0.1) is 0 Å². The number of aromatic nitrogens is 3. The first-order valence-electron chi connectivity index (χ1n) is 5.98. The van der Waals surface area contributed by atoms with E-state index >= 15 is 0 Å². The Bertz CT molecular complexity index is 536. The molecule has 0 saturated heterocycles. The number of nitrogens with one attached hydrogen (secondary N) is 2. The minimum Gasteiger partial charge on any atom is -0.373 e. The van der Waals surface area contributed by atoms with E-state index < -0.39 is 0 Å². The number of pyridine rings is 1. The molecule has 0 fully saturated rings. The van der Waals surface area contributed by atoms with Gasteiger partial charge >= 0.3 is 0 Å². The summed E-state index contributed by atoms with van der Waals surface area (Å²) in [7, 11) is 1.85. The van der Waals surface area contributed by atoms with Crippen LogP contribution in [-0.4, -0.2) is 28.3 Å². The van der Waals surface area contributed by atoms with E-state index in [2.05, 4.69) is 38.6 Å². The molecule has 0 aliphatic heterocycles. The van der Waals surface area contributed by atoms with Crippen LogP contribution in [0, 0.1) is 6.92 Å². The van der Waals surface area contributed by atoms with Gasteiger partial charge in [0.25, 0.3) is 0 Å². The predicted octanol–water partition coefficient (Wildman–Crippen LogP) is 2.56. The Balaban J connectivity index is 2.13. The zero-order chi connectivity index (χ0) is 13.7. The van der Waals surface area contributed by atoms with Crippen molar-refractivity contribution in [2.45, 2.75) is 18.6 Å². The summed E-state index contributed by atoms with van der Waals surface area (Å²) in [6.07, 6.45) is 3.76. The SMILES string of the molecule is CNc1cc(NCc2ncccc2C)nc(SC)n1. The van der Waals surface area contributed by atoms with E-state index in [0.717, 1.165) is 22.5 Å². The van der Waals surface area contributed by atoms with Gasteiger partial charge in [-0.3, -0.25) is 4.98 Å². The van der Waals surface area contributed by atoms with Crippen molar-refractivity contribution in [1.82, 2.24) is 15.0 Å². The molecule has 100 valence electrons. The molecule has 0 radical (unpaired) electrons. The van der Waals surface area contributed by atoms with E-state index in [1.807, 2.05) is 25.4 Å². The van der Waals surface area contributed by atoms with Gasteiger partial charge in [0, 0.05) is 19.3 Å². The molecule has 0 aliphatic carbocycles. The van der Waals surface area contributed by atoms with E-state index in [4.69, 9.17) is 0 Å². The van der Waals surface area contributed by atoms with Crippen LogP contribution >= 0.6 is 11.8 Å². The van der Waals surface area contributed by atoms with Crippen molar-refractivity contribution in [3.63, 3.8) is 0 Å². The average Bonchev–Trinajstić information content (AvgIpc) is 2.46. The summed E-state index contributed by atoms with van der Waals surface area (Å²) >= 11 is 1.52. The van der Waals surface area contributed by atoms with E-state index in [-0.39, 0.29) is 0 Å². The molecule has 0 amide bonds. The summed E-state index contributed by atoms with van der Waals surface area (Å²) in [6.45, 7) is 2.71. The first-order chi connectivity index (χ1) is 9.22. The number of rotatable bonds is 5. The lowest BCUT2D eigenvalue weighted by Gasteiger charge is -2.09. The molecule has 5 nitrogen and oxygen atoms in total. The predicted molar refractivity (Wildman–Crippen MR) is 79.7 cm³/mol. The van der Waals surface area contributed by atoms with E-state index in [1.54, 1.807) is 6.20 Å². The monoisotopic (exact) mass is 275 g/mol. The largest absolute Gasteiger partial charge is 0.373 e. The first kappa shape index (κ1) is 13.6. The van der Waals surface area contributed by atoms with Gasteiger partial charge in [-0.25, -0.2) is 9.97 Å². The average molecular weight is 275 g/mol. The Morgan fingerprint density at radius 2 is 2.05 bits per heavy atom. The number of anilines is 2. The van der Waals surface area contributed by atoms with Crippen LogP contribution in [0.25, 0.3) is 0 Å². The van der Waals surface area contributed by atoms with Crippen molar-refractivity contribution in [2.24, 2.45) is 0 Å². The summed E-state index contributed by atoms with van der Waals surface area (Å²) in [5, 5.41) is 7.06. The molecule has 0 aromatic carbocycles. The van der Waals surface area contributed by atoms with Crippen molar-refractivity contribution < 1.29 is 0 Å². The number of hydrogen-bond donors (Lipinski definition) is 2. The van der Waals surface area contributed by atoms with Gasteiger partial charge in [0.15, 0.2) is 5.16 Å². The van der Waals surface area contributed by atoms with E-state index in [1.165, 1.54) is 17.3 Å². The smallest absolute Gasteiger partial charge is 0.191 e. The molecule has 0 bridgehead atoms. The van der Waals surface area contributed by atoms with Gasteiger partial charge in [0.05, 0.1) is 12.2 Å². The minimum absolute atomic E-state index is 0.653. The first-order valence-corrected chi connectivity index (χ1v) is 7.20. The Morgan fingerprint density at radius 3 is 2.74 bits per heavy atom. The highest BCUT2D eigenvalue weighted by atomic mass is 32.2. The summed E-state index contributed by atoms with van der Waals surface area (Å²) in [4.78, 5) is 13.1. The third-order valence-corrected chi connectivity index (χ3v) is 3.25. The lowest BCUT2D eigenvalue weighted by atomic mass is 10.2. The summed E-state index contributed by atoms with van der Waals surface area (Å²) < 4.78 is 0. The maximum atomic E-state index is 4.42. The number of hydrogen-bond acceptors (Lipinski definition) is 6. The quantitative estimate of drug-likeness (QED) is 0.646. The molecule has 0 atom stereocenters. The Morgan fingerprint density at radius 1 is 1.26 bits per heavy atom. The molecule has 0 unspecified atom stereocenters. The fourth-order valence-electron chi connectivity index (χ4n) is 1.61. The second kappa shape index (κ2) is 6.38. The van der Waals surface area contributed by atoms with Gasteiger partial charge in [-0.1, -0.05) is 17.8 Å². The van der Waals surface area contributed by atoms with Gasteiger partial charge in [-0.2, -0.15) is 0 Å². The number of thioether (sulfide) groups is 1. The molecule has 0 spiro atoms. The highest BCUT2D eigenvalue weighted by Gasteiger charge is 2.04. The Labute approximate surface area is 117 Å². The highest BCUT2D eigenvalue weighted by Crippen LogP contribution is 2.17. The fraction of sp³-hybridized carbons (Fsp3) is 0.308. The van der Waals surface area contributed by atoms with E-state index in [9.17, 15) is 0 Å². The van der Waals surface area contributed by atoms with Crippen molar-refractivity contribution in [1.29, 1.82) is 0 Å². The third kappa shape index (κ3) is 3.57.